The predicted octanol–water partition coefficient (Wildman–Crippen LogP) is 4.95. The zero-order valence-corrected chi connectivity index (χ0v) is 22.0. The molecular formula is C25H34N8OS. The lowest BCUT2D eigenvalue weighted by molar-refractivity contribution is -0.117. The van der Waals surface area contributed by atoms with Crippen LogP contribution in [0.5, 0.6) is 0 Å². The first-order chi connectivity index (χ1) is 16.9. The third-order valence-corrected chi connectivity index (χ3v) is 6.60. The summed E-state index contributed by atoms with van der Waals surface area (Å²) in [5.41, 5.74) is 4.48. The Hall–Kier alpha value is -3.11. The van der Waals surface area contributed by atoms with Crippen LogP contribution in [0.2, 0.25) is 0 Å². The van der Waals surface area contributed by atoms with Crippen molar-refractivity contribution < 1.29 is 4.79 Å². The van der Waals surface area contributed by atoms with Crippen LogP contribution in [0.4, 0.5) is 10.8 Å². The molecule has 0 amide bonds. The molecule has 186 valence electrons. The molecule has 0 saturated carbocycles. The minimum atomic E-state index is 0.0630. The van der Waals surface area contributed by atoms with E-state index in [1.807, 2.05) is 43.8 Å². The number of rotatable bonds is 7. The Morgan fingerprint density at radius 2 is 2.09 bits per heavy atom. The van der Waals surface area contributed by atoms with E-state index in [0.29, 0.717) is 5.82 Å². The molecule has 0 aliphatic carbocycles. The molecule has 1 unspecified atom stereocenters. The smallest absolute Gasteiger partial charge is 0.180 e. The molecule has 9 nitrogen and oxygen atoms in total. The first-order valence-electron chi connectivity index (χ1n) is 12.3. The number of imidazole rings is 1. The number of anilines is 2. The third-order valence-electron chi connectivity index (χ3n) is 5.85. The van der Waals surface area contributed by atoms with E-state index in [-0.39, 0.29) is 12.3 Å². The maximum absolute atomic E-state index is 11.4. The number of aryl methyl sites for hydroxylation is 1. The van der Waals surface area contributed by atoms with Gasteiger partial charge in [-0.1, -0.05) is 20.8 Å². The second-order valence-corrected chi connectivity index (χ2v) is 9.79. The van der Waals surface area contributed by atoms with Gasteiger partial charge < -0.3 is 5.32 Å². The van der Waals surface area contributed by atoms with Crippen molar-refractivity contribution in [3.8, 4) is 11.3 Å². The summed E-state index contributed by atoms with van der Waals surface area (Å²) in [5, 5.41) is 8.68. The number of carbonyl (C=O) groups is 1. The average Bonchev–Trinajstić information content (AvgIpc) is 3.55. The van der Waals surface area contributed by atoms with Gasteiger partial charge in [-0.05, 0) is 56.8 Å². The molecular weight excluding hydrogens is 460 g/mol. The van der Waals surface area contributed by atoms with Crippen molar-refractivity contribution in [3.63, 3.8) is 0 Å². The van der Waals surface area contributed by atoms with Crippen molar-refractivity contribution in [1.82, 2.24) is 33.4 Å². The maximum Gasteiger partial charge on any atom is 0.180 e. The summed E-state index contributed by atoms with van der Waals surface area (Å²) in [5.74, 6) is 1.51. The van der Waals surface area contributed by atoms with Gasteiger partial charge in [0.25, 0.3) is 0 Å². The minimum Gasteiger partial charge on any atom is -0.328 e. The number of aromatic nitrogens is 6. The van der Waals surface area contributed by atoms with Gasteiger partial charge in [0.2, 0.25) is 0 Å². The average molecular weight is 495 g/mol. The fraction of sp³-hybridized carbons (Fsp3) is 0.480. The molecule has 0 radical (unpaired) electrons. The minimum absolute atomic E-state index is 0.0630. The number of carbonyl (C=O) groups excluding carboxylic acids is 1. The zero-order chi connectivity index (χ0) is 24.9. The highest BCUT2D eigenvalue weighted by Crippen LogP contribution is 2.28. The first-order valence-corrected chi connectivity index (χ1v) is 13.0. The third kappa shape index (κ3) is 5.94. The Labute approximate surface area is 210 Å². The van der Waals surface area contributed by atoms with Crippen molar-refractivity contribution in [2.75, 3.05) is 18.4 Å². The number of piperidine rings is 1. The van der Waals surface area contributed by atoms with Gasteiger partial charge in [-0.15, -0.1) is 0 Å². The van der Waals surface area contributed by atoms with Gasteiger partial charge in [-0.3, -0.25) is 18.8 Å². The topological polar surface area (TPSA) is 93.2 Å². The van der Waals surface area contributed by atoms with Crippen molar-refractivity contribution in [2.24, 2.45) is 5.92 Å². The van der Waals surface area contributed by atoms with Crippen molar-refractivity contribution in [2.45, 2.75) is 60.5 Å². The van der Waals surface area contributed by atoms with Gasteiger partial charge in [0, 0.05) is 31.0 Å². The second kappa shape index (κ2) is 11.1. The highest BCUT2D eigenvalue weighted by Gasteiger charge is 2.18. The number of nitrogens with one attached hydrogen (secondary N) is 1. The molecule has 0 aromatic carbocycles. The number of likely N-dealkylation sites (tertiary alicyclic amines) is 1. The van der Waals surface area contributed by atoms with E-state index in [4.69, 9.17) is 4.98 Å². The van der Waals surface area contributed by atoms with E-state index in [9.17, 15) is 4.79 Å². The number of Topliss-reactive ketones (excluding diaryl/α,β-unsaturated/α-hetero) is 1. The Morgan fingerprint density at radius 3 is 2.86 bits per heavy atom. The van der Waals surface area contributed by atoms with E-state index in [2.05, 4.69) is 37.7 Å². The summed E-state index contributed by atoms with van der Waals surface area (Å²) in [6, 6.07) is 2.11. The Bertz CT molecular complexity index is 1290. The van der Waals surface area contributed by atoms with Crippen LogP contribution in [0.15, 0.2) is 30.9 Å². The molecule has 1 aliphatic rings. The fourth-order valence-corrected chi connectivity index (χ4v) is 5.10. The van der Waals surface area contributed by atoms with Gasteiger partial charge >= 0.3 is 0 Å². The summed E-state index contributed by atoms with van der Waals surface area (Å²) in [4.78, 5) is 23.2. The number of ketones is 1. The van der Waals surface area contributed by atoms with Crippen LogP contribution in [0.1, 0.15) is 51.9 Å². The number of fused-ring (bicyclic) bond motifs is 1. The van der Waals surface area contributed by atoms with Gasteiger partial charge in [0.15, 0.2) is 17.2 Å². The highest BCUT2D eigenvalue weighted by atomic mass is 32.1. The summed E-state index contributed by atoms with van der Waals surface area (Å²) < 4.78 is 8.31. The molecule has 1 fully saturated rings. The predicted molar refractivity (Wildman–Crippen MR) is 140 cm³/mol. The van der Waals surface area contributed by atoms with Gasteiger partial charge in [-0.2, -0.15) is 9.47 Å². The highest BCUT2D eigenvalue weighted by molar-refractivity contribution is 7.10. The standard InChI is InChI=1S/C23H28N8OS.C2H6/c1-15-5-4-6-29(10-15)14-19-7-21(33-28-19)27-22-23-24-9-20(31(23)11-16(2)26-22)18-8-25-30(13-18)12-17(3)32;1-2/h7-9,11,13,15H,4-6,10,12,14H2,1-3H3,(H,26,27);1-2H3. The van der Waals surface area contributed by atoms with Crippen LogP contribution in [0.25, 0.3) is 16.9 Å². The van der Waals surface area contributed by atoms with Crippen LogP contribution in [-0.2, 0) is 17.9 Å². The summed E-state index contributed by atoms with van der Waals surface area (Å²) >= 11 is 1.45. The van der Waals surface area contributed by atoms with Gasteiger partial charge in [0.1, 0.15) is 5.00 Å². The largest absolute Gasteiger partial charge is 0.328 e. The maximum atomic E-state index is 11.4. The zero-order valence-electron chi connectivity index (χ0n) is 21.2. The molecule has 4 aromatic rings. The number of nitrogens with zero attached hydrogens (tertiary/aromatic N) is 7. The quantitative estimate of drug-likeness (QED) is 0.389. The lowest BCUT2D eigenvalue weighted by Gasteiger charge is -2.30. The Balaban J connectivity index is 0.00000141. The molecule has 10 heteroatoms. The summed E-state index contributed by atoms with van der Waals surface area (Å²) in [7, 11) is 0. The number of hydrogen-bond acceptors (Lipinski definition) is 8. The van der Waals surface area contributed by atoms with Crippen molar-refractivity contribution in [1.29, 1.82) is 0 Å². The lowest BCUT2D eigenvalue weighted by atomic mass is 10.0. The van der Waals surface area contributed by atoms with Gasteiger partial charge in [0.05, 0.1) is 36.0 Å². The normalized spacial score (nSPS) is 16.2. The Morgan fingerprint density at radius 1 is 1.26 bits per heavy atom. The van der Waals surface area contributed by atoms with E-state index >= 15 is 0 Å². The molecule has 1 saturated heterocycles. The van der Waals surface area contributed by atoms with Crippen LogP contribution in [-0.4, -0.2) is 52.3 Å². The molecule has 35 heavy (non-hydrogen) atoms. The molecule has 5 rings (SSSR count). The molecule has 5 heterocycles. The second-order valence-electron chi connectivity index (χ2n) is 8.99. The molecule has 0 bridgehead atoms. The molecule has 1 aliphatic heterocycles. The molecule has 4 aromatic heterocycles. The monoisotopic (exact) mass is 494 g/mol. The summed E-state index contributed by atoms with van der Waals surface area (Å²) in [6.45, 7) is 13.3. The Kier molecular flexibility index (Phi) is 7.92. The van der Waals surface area contributed by atoms with Crippen LogP contribution in [0.3, 0.4) is 0 Å². The van der Waals surface area contributed by atoms with Crippen molar-refractivity contribution in [3.05, 3.63) is 42.2 Å². The molecule has 0 spiro atoms. The van der Waals surface area contributed by atoms with E-state index in [1.54, 1.807) is 17.8 Å². The van der Waals surface area contributed by atoms with Crippen LogP contribution in [0, 0.1) is 12.8 Å². The SMILES string of the molecule is CC.CC(=O)Cn1cc(-c2cnc3c(Nc4cc(CN5CCCC(C)C5)ns4)nc(C)cn23)cn1. The first kappa shape index (κ1) is 25.0. The van der Waals surface area contributed by atoms with Crippen LogP contribution >= 0.6 is 11.5 Å². The van der Waals surface area contributed by atoms with E-state index in [0.717, 1.165) is 58.8 Å². The van der Waals surface area contributed by atoms with E-state index < -0.39 is 0 Å². The number of hydrogen-bond donors (Lipinski definition) is 1. The lowest BCUT2D eigenvalue weighted by Crippen LogP contribution is -2.33. The summed E-state index contributed by atoms with van der Waals surface area (Å²) in [6.07, 6.45) is 9.97. The van der Waals surface area contributed by atoms with Crippen LogP contribution < -0.4 is 5.32 Å². The van der Waals surface area contributed by atoms with E-state index in [1.165, 1.54) is 24.4 Å². The fourth-order valence-electron chi connectivity index (χ4n) is 4.44. The molecule has 1 atom stereocenters. The molecule has 1 N–H and O–H groups in total. The van der Waals surface area contributed by atoms with Crippen molar-refractivity contribution >= 4 is 33.8 Å². The van der Waals surface area contributed by atoms with Gasteiger partial charge in [-0.25, -0.2) is 9.97 Å².